The fourth-order valence-electron chi connectivity index (χ4n) is 4.20. The van der Waals surface area contributed by atoms with Crippen molar-refractivity contribution in [3.8, 4) is 5.69 Å². The smallest absolute Gasteiger partial charge is 0.266 e. The maximum atomic E-state index is 13.7. The Hall–Kier alpha value is -2.95. The van der Waals surface area contributed by atoms with Crippen LogP contribution in [0.5, 0.6) is 0 Å². The van der Waals surface area contributed by atoms with Gasteiger partial charge in [-0.3, -0.25) is 14.2 Å². The predicted octanol–water partition coefficient (Wildman–Crippen LogP) is 5.35. The number of hydrogen-bond acceptors (Lipinski definition) is 3. The Balaban J connectivity index is 2.36. The summed E-state index contributed by atoms with van der Waals surface area (Å²) in [6.07, 6.45) is 1.52. The second-order valence-electron chi connectivity index (χ2n) is 8.53. The van der Waals surface area contributed by atoms with Gasteiger partial charge in [-0.05, 0) is 50.5 Å². The van der Waals surface area contributed by atoms with Crippen LogP contribution in [0.25, 0.3) is 16.6 Å². The molecule has 0 saturated heterocycles. The van der Waals surface area contributed by atoms with Crippen LogP contribution >= 0.6 is 0 Å². The number of carbonyl (C=O) groups is 1. The largest absolute Gasteiger partial charge is 0.332 e. The van der Waals surface area contributed by atoms with Crippen LogP contribution in [0.4, 0.5) is 0 Å². The summed E-state index contributed by atoms with van der Waals surface area (Å²) in [4.78, 5) is 33.7. The highest BCUT2D eigenvalue weighted by atomic mass is 16.2. The third-order valence-corrected chi connectivity index (χ3v) is 5.70. The van der Waals surface area contributed by atoms with E-state index in [2.05, 4.69) is 19.9 Å². The monoisotopic (exact) mass is 419 g/mol. The average Bonchev–Trinajstić information content (AvgIpc) is 2.74. The van der Waals surface area contributed by atoms with Crippen molar-refractivity contribution >= 4 is 16.8 Å². The molecule has 164 valence electrons. The zero-order valence-electron chi connectivity index (χ0n) is 19.5. The molecule has 5 heteroatoms. The number of nitrogens with zero attached hydrogens (tertiary/aromatic N) is 3. The molecule has 0 aliphatic rings. The number of rotatable bonds is 7. The summed E-state index contributed by atoms with van der Waals surface area (Å²) in [6.45, 7) is 12.6. The molecule has 1 atom stereocenters. The summed E-state index contributed by atoms with van der Waals surface area (Å²) in [6, 6.07) is 13.2. The molecule has 0 aliphatic carbocycles. The Bertz CT molecular complexity index is 1150. The van der Waals surface area contributed by atoms with Crippen LogP contribution in [0.1, 0.15) is 63.5 Å². The van der Waals surface area contributed by atoms with E-state index in [-0.39, 0.29) is 23.4 Å². The van der Waals surface area contributed by atoms with Gasteiger partial charge < -0.3 is 4.90 Å². The second kappa shape index (κ2) is 9.46. The van der Waals surface area contributed by atoms with E-state index in [1.54, 1.807) is 4.57 Å². The van der Waals surface area contributed by atoms with E-state index < -0.39 is 0 Å². The predicted molar refractivity (Wildman–Crippen MR) is 127 cm³/mol. The molecule has 1 aromatic heterocycles. The number of aromatic nitrogens is 2. The van der Waals surface area contributed by atoms with E-state index in [1.807, 2.05) is 69.0 Å². The van der Waals surface area contributed by atoms with Crippen molar-refractivity contribution < 1.29 is 4.79 Å². The number of fused-ring (bicyclic) bond motifs is 1. The first-order valence-corrected chi connectivity index (χ1v) is 11.2. The lowest BCUT2D eigenvalue weighted by Crippen LogP contribution is -2.41. The van der Waals surface area contributed by atoms with Gasteiger partial charge in [0, 0.05) is 12.5 Å². The van der Waals surface area contributed by atoms with Gasteiger partial charge in [-0.1, -0.05) is 57.5 Å². The summed E-state index contributed by atoms with van der Waals surface area (Å²) in [5, 5.41) is 0.582. The number of hydrogen-bond donors (Lipinski definition) is 0. The minimum Gasteiger partial charge on any atom is -0.332 e. The minimum atomic E-state index is -0.284. The van der Waals surface area contributed by atoms with E-state index in [0.29, 0.717) is 29.7 Å². The van der Waals surface area contributed by atoms with Crippen LogP contribution in [0.3, 0.4) is 0 Å². The highest BCUT2D eigenvalue weighted by Crippen LogP contribution is 2.28. The van der Waals surface area contributed by atoms with Crippen LogP contribution in [0.15, 0.2) is 47.3 Å². The van der Waals surface area contributed by atoms with Crippen LogP contribution in [-0.4, -0.2) is 26.9 Å². The van der Waals surface area contributed by atoms with Gasteiger partial charge in [-0.15, -0.1) is 0 Å². The Morgan fingerprint density at radius 2 is 1.81 bits per heavy atom. The number of carbonyl (C=O) groups excluding carboxylic acids is 1. The first kappa shape index (κ1) is 22.7. The average molecular weight is 420 g/mol. The van der Waals surface area contributed by atoms with Crippen LogP contribution in [-0.2, 0) is 4.79 Å². The highest BCUT2D eigenvalue weighted by Gasteiger charge is 2.30. The molecule has 3 rings (SSSR count). The first-order chi connectivity index (χ1) is 14.8. The van der Waals surface area contributed by atoms with E-state index in [9.17, 15) is 9.59 Å². The fraction of sp³-hybridized carbons (Fsp3) is 0.423. The molecular formula is C26H33N3O2. The molecule has 31 heavy (non-hydrogen) atoms. The lowest BCUT2D eigenvalue weighted by atomic mass is 10.1. The molecule has 0 spiro atoms. The highest BCUT2D eigenvalue weighted by molar-refractivity contribution is 5.80. The topological polar surface area (TPSA) is 55.2 Å². The van der Waals surface area contributed by atoms with Crippen molar-refractivity contribution in [3.63, 3.8) is 0 Å². The van der Waals surface area contributed by atoms with E-state index in [0.717, 1.165) is 23.2 Å². The van der Waals surface area contributed by atoms with Gasteiger partial charge in [0.25, 0.3) is 5.56 Å². The number of aryl methyl sites for hydroxylation is 2. The van der Waals surface area contributed by atoms with Gasteiger partial charge >= 0.3 is 0 Å². The van der Waals surface area contributed by atoms with Crippen molar-refractivity contribution in [2.75, 3.05) is 6.54 Å². The molecule has 2 aromatic carbocycles. The van der Waals surface area contributed by atoms with Crippen molar-refractivity contribution in [1.82, 2.24) is 14.5 Å². The molecule has 1 amide bonds. The van der Waals surface area contributed by atoms with Crippen molar-refractivity contribution in [1.29, 1.82) is 0 Å². The van der Waals surface area contributed by atoms with E-state index >= 15 is 0 Å². The molecule has 1 heterocycles. The lowest BCUT2D eigenvalue weighted by Gasteiger charge is -2.33. The third-order valence-electron chi connectivity index (χ3n) is 5.70. The van der Waals surface area contributed by atoms with Crippen molar-refractivity contribution in [2.45, 2.75) is 60.4 Å². The van der Waals surface area contributed by atoms with Crippen LogP contribution in [0.2, 0.25) is 0 Å². The van der Waals surface area contributed by atoms with Gasteiger partial charge in [0.2, 0.25) is 5.91 Å². The molecule has 0 aliphatic heterocycles. The molecular weight excluding hydrogens is 386 g/mol. The zero-order valence-corrected chi connectivity index (χ0v) is 19.5. The summed E-state index contributed by atoms with van der Waals surface area (Å²) in [5.74, 6) is 0.589. The molecule has 5 nitrogen and oxygen atoms in total. The van der Waals surface area contributed by atoms with E-state index in [1.165, 1.54) is 0 Å². The number of para-hydroxylation sites is 1. The van der Waals surface area contributed by atoms with Gasteiger partial charge in [-0.2, -0.15) is 0 Å². The third kappa shape index (κ3) is 4.41. The lowest BCUT2D eigenvalue weighted by molar-refractivity contribution is -0.137. The quantitative estimate of drug-likeness (QED) is 0.519. The number of benzene rings is 2. The van der Waals surface area contributed by atoms with E-state index in [4.69, 9.17) is 4.98 Å². The molecule has 0 radical (unpaired) electrons. The second-order valence-corrected chi connectivity index (χ2v) is 8.53. The van der Waals surface area contributed by atoms with Crippen LogP contribution < -0.4 is 5.56 Å². The van der Waals surface area contributed by atoms with Gasteiger partial charge in [0.05, 0.1) is 22.6 Å². The molecule has 0 N–H and O–H groups in total. The number of amides is 1. The van der Waals surface area contributed by atoms with Crippen LogP contribution in [0, 0.1) is 19.8 Å². The Morgan fingerprint density at radius 3 is 2.42 bits per heavy atom. The Kier molecular flexibility index (Phi) is 6.94. The van der Waals surface area contributed by atoms with Gasteiger partial charge in [0.1, 0.15) is 5.82 Å². The van der Waals surface area contributed by atoms with Crippen molar-refractivity contribution in [2.24, 2.45) is 5.92 Å². The fourth-order valence-corrected chi connectivity index (χ4v) is 4.20. The first-order valence-electron chi connectivity index (χ1n) is 11.2. The molecule has 1 unspecified atom stereocenters. The normalized spacial score (nSPS) is 12.4. The maximum Gasteiger partial charge on any atom is 0.266 e. The summed E-state index contributed by atoms with van der Waals surface area (Å²) >= 11 is 0. The SMILES string of the molecule is CCCN(C(=O)C(C)C)C(CC)c1nc2ccccc2c(=O)n1-c1ccc(C)cc1C. The zero-order chi connectivity index (χ0) is 22.7. The maximum absolute atomic E-state index is 13.7. The van der Waals surface area contributed by atoms with Gasteiger partial charge in [-0.25, -0.2) is 4.98 Å². The molecule has 0 fully saturated rings. The Morgan fingerprint density at radius 1 is 1.10 bits per heavy atom. The molecule has 0 bridgehead atoms. The minimum absolute atomic E-state index is 0.0864. The summed E-state index contributed by atoms with van der Waals surface area (Å²) in [7, 11) is 0. The van der Waals surface area contributed by atoms with Crippen molar-refractivity contribution in [3.05, 3.63) is 69.8 Å². The summed E-state index contributed by atoms with van der Waals surface area (Å²) < 4.78 is 1.72. The van der Waals surface area contributed by atoms with Gasteiger partial charge in [0.15, 0.2) is 0 Å². The standard InChI is InChI=1S/C26H33N3O2/c1-7-15-28(25(30)17(3)4)22(8-2)24-27-21-12-10-9-11-20(21)26(31)29(24)23-14-13-18(5)16-19(23)6/h9-14,16-17,22H,7-8,15H2,1-6H3. The molecule has 0 saturated carbocycles. The Labute approximate surface area is 184 Å². The summed E-state index contributed by atoms with van der Waals surface area (Å²) in [5.41, 5.74) is 3.53. The molecule has 3 aromatic rings.